The molecule has 0 spiro atoms. The molecular formula is C19H18FN5O. The van der Waals surface area contributed by atoms with E-state index in [1.165, 1.54) is 17.8 Å². The maximum absolute atomic E-state index is 13.4. The molecule has 1 amide bonds. The highest BCUT2D eigenvalue weighted by molar-refractivity contribution is 5.93. The van der Waals surface area contributed by atoms with Gasteiger partial charge < -0.3 is 9.47 Å². The second kappa shape index (κ2) is 6.67. The lowest BCUT2D eigenvalue weighted by Gasteiger charge is -2.34. The number of pyridine rings is 1. The molecule has 3 aromatic rings. The van der Waals surface area contributed by atoms with Crippen LogP contribution in [0.2, 0.25) is 0 Å². The van der Waals surface area contributed by atoms with Crippen LogP contribution in [0, 0.1) is 12.7 Å². The highest BCUT2D eigenvalue weighted by Gasteiger charge is 2.31. The number of aryl methyl sites for hydroxylation is 1. The molecule has 132 valence electrons. The number of hydrogen-bond donors (Lipinski definition) is 0. The molecule has 26 heavy (non-hydrogen) atoms. The molecule has 0 bridgehead atoms. The van der Waals surface area contributed by atoms with Crippen molar-refractivity contribution < 1.29 is 9.18 Å². The van der Waals surface area contributed by atoms with Gasteiger partial charge in [-0.1, -0.05) is 30.3 Å². The first kappa shape index (κ1) is 16.4. The average Bonchev–Trinajstić information content (AvgIpc) is 3.03. The van der Waals surface area contributed by atoms with Crippen molar-refractivity contribution in [2.75, 3.05) is 6.54 Å². The van der Waals surface area contributed by atoms with Gasteiger partial charge in [-0.2, -0.15) is 0 Å². The molecule has 1 aromatic carbocycles. The minimum absolute atomic E-state index is 0.0293. The molecule has 3 heterocycles. The molecule has 1 aliphatic rings. The molecule has 0 radical (unpaired) electrons. The van der Waals surface area contributed by atoms with Gasteiger partial charge in [0.15, 0.2) is 5.82 Å². The van der Waals surface area contributed by atoms with Gasteiger partial charge >= 0.3 is 0 Å². The van der Waals surface area contributed by atoms with Gasteiger partial charge in [-0.15, -0.1) is 10.2 Å². The Bertz CT molecular complexity index is 940. The number of fused-ring (bicyclic) bond motifs is 1. The van der Waals surface area contributed by atoms with E-state index in [-0.39, 0.29) is 17.5 Å². The first-order valence-corrected chi connectivity index (χ1v) is 8.46. The van der Waals surface area contributed by atoms with Crippen LogP contribution in [-0.4, -0.2) is 37.1 Å². The summed E-state index contributed by atoms with van der Waals surface area (Å²) in [6, 6.07) is 11.4. The largest absolute Gasteiger partial charge is 0.329 e. The fraction of sp³-hybridized carbons (Fsp3) is 0.263. The fourth-order valence-electron chi connectivity index (χ4n) is 3.48. The van der Waals surface area contributed by atoms with Gasteiger partial charge in [0.05, 0.1) is 24.3 Å². The van der Waals surface area contributed by atoms with Gasteiger partial charge in [0, 0.05) is 12.7 Å². The summed E-state index contributed by atoms with van der Waals surface area (Å²) in [6.45, 7) is 2.78. The minimum Gasteiger partial charge on any atom is -0.329 e. The highest BCUT2D eigenvalue weighted by atomic mass is 19.1. The molecule has 1 aliphatic heterocycles. The number of hydrogen-bond acceptors (Lipinski definition) is 4. The van der Waals surface area contributed by atoms with Crippen LogP contribution in [-0.2, 0) is 13.0 Å². The molecular weight excluding hydrogens is 333 g/mol. The summed E-state index contributed by atoms with van der Waals surface area (Å²) >= 11 is 0. The van der Waals surface area contributed by atoms with Gasteiger partial charge in [0.1, 0.15) is 11.6 Å². The van der Waals surface area contributed by atoms with Crippen LogP contribution in [0.4, 0.5) is 4.39 Å². The molecule has 4 rings (SSSR count). The lowest BCUT2D eigenvalue weighted by molar-refractivity contribution is 0.0671. The summed E-state index contributed by atoms with van der Waals surface area (Å²) in [6.07, 6.45) is 3.24. The lowest BCUT2D eigenvalue weighted by atomic mass is 10.0. The number of halogens is 1. The normalized spacial score (nSPS) is 16.4. The van der Waals surface area contributed by atoms with Crippen molar-refractivity contribution in [3.05, 3.63) is 77.4 Å². The van der Waals surface area contributed by atoms with Crippen LogP contribution < -0.4 is 0 Å². The second-order valence-electron chi connectivity index (χ2n) is 6.45. The maximum atomic E-state index is 13.4. The molecule has 0 saturated carbocycles. The van der Waals surface area contributed by atoms with Crippen LogP contribution in [0.1, 0.15) is 33.6 Å². The van der Waals surface area contributed by atoms with Gasteiger partial charge in [-0.05, 0) is 25.0 Å². The van der Waals surface area contributed by atoms with E-state index in [2.05, 4.69) is 31.9 Å². The van der Waals surface area contributed by atoms with E-state index in [9.17, 15) is 9.18 Å². The highest BCUT2D eigenvalue weighted by Crippen LogP contribution is 2.26. The van der Waals surface area contributed by atoms with E-state index in [4.69, 9.17) is 0 Å². The fourth-order valence-corrected chi connectivity index (χ4v) is 3.48. The van der Waals surface area contributed by atoms with E-state index < -0.39 is 5.82 Å². The number of rotatable bonds is 3. The number of benzene rings is 1. The number of amides is 1. The Labute approximate surface area is 150 Å². The van der Waals surface area contributed by atoms with Crippen molar-refractivity contribution in [3.8, 4) is 0 Å². The molecule has 6 nitrogen and oxygen atoms in total. The molecule has 2 aromatic heterocycles. The third-order valence-electron chi connectivity index (χ3n) is 4.62. The van der Waals surface area contributed by atoms with Gasteiger partial charge in [-0.25, -0.2) is 4.39 Å². The van der Waals surface area contributed by atoms with Crippen LogP contribution in [0.3, 0.4) is 0 Å². The second-order valence-corrected chi connectivity index (χ2v) is 6.45. The van der Waals surface area contributed by atoms with Crippen LogP contribution in [0.15, 0.2) is 48.8 Å². The third-order valence-corrected chi connectivity index (χ3v) is 4.62. The summed E-state index contributed by atoms with van der Waals surface area (Å²) in [4.78, 5) is 18.3. The van der Waals surface area contributed by atoms with Crippen LogP contribution in [0.5, 0.6) is 0 Å². The number of carbonyl (C=O) groups is 1. The number of carbonyl (C=O) groups excluding carboxylic acids is 1. The van der Waals surface area contributed by atoms with Crippen molar-refractivity contribution >= 4 is 5.91 Å². The maximum Gasteiger partial charge on any atom is 0.256 e. The number of aromatic nitrogens is 4. The van der Waals surface area contributed by atoms with Crippen LogP contribution in [0.25, 0.3) is 0 Å². The Morgan fingerprint density at radius 1 is 1.23 bits per heavy atom. The Kier molecular flexibility index (Phi) is 4.20. The van der Waals surface area contributed by atoms with E-state index in [0.717, 1.165) is 24.3 Å². The Morgan fingerprint density at radius 2 is 2.04 bits per heavy atom. The SMILES string of the molecule is Cc1nnc2n1[C@H](Cc1ccccc1)CN(C(=O)c1cncc(F)c1)C2. The van der Waals surface area contributed by atoms with E-state index >= 15 is 0 Å². The average molecular weight is 351 g/mol. The first-order valence-electron chi connectivity index (χ1n) is 8.46. The number of nitrogens with zero attached hydrogens (tertiary/aromatic N) is 5. The molecule has 7 heteroatoms. The van der Waals surface area contributed by atoms with Gasteiger partial charge in [0.2, 0.25) is 0 Å². The molecule has 0 saturated heterocycles. The summed E-state index contributed by atoms with van der Waals surface area (Å²) in [5.74, 6) is 0.808. The standard InChI is InChI=1S/C19H18FN5O/c1-13-22-23-18-12-24(19(26)15-8-16(20)10-21-9-15)11-17(25(13)18)7-14-5-3-2-4-6-14/h2-6,8-10,17H,7,11-12H2,1H3/t17-/m1/s1. The summed E-state index contributed by atoms with van der Waals surface area (Å²) in [5, 5.41) is 8.39. The smallest absolute Gasteiger partial charge is 0.256 e. The predicted octanol–water partition coefficient (Wildman–Crippen LogP) is 2.56. The van der Waals surface area contributed by atoms with Crippen molar-refractivity contribution in [3.63, 3.8) is 0 Å². The Morgan fingerprint density at radius 3 is 2.81 bits per heavy atom. The van der Waals surface area contributed by atoms with Crippen molar-refractivity contribution in [1.29, 1.82) is 0 Å². The minimum atomic E-state index is -0.521. The molecule has 0 unspecified atom stereocenters. The summed E-state index contributed by atoms with van der Waals surface area (Å²) < 4.78 is 15.5. The lowest BCUT2D eigenvalue weighted by Crippen LogP contribution is -2.42. The Balaban J connectivity index is 1.64. The molecule has 1 atom stereocenters. The van der Waals surface area contributed by atoms with E-state index in [1.807, 2.05) is 25.1 Å². The molecule has 0 fully saturated rings. The zero-order valence-corrected chi connectivity index (χ0v) is 14.3. The van der Waals surface area contributed by atoms with Crippen molar-refractivity contribution in [1.82, 2.24) is 24.6 Å². The molecule has 0 aliphatic carbocycles. The monoisotopic (exact) mass is 351 g/mol. The van der Waals surface area contributed by atoms with Gasteiger partial charge in [-0.3, -0.25) is 9.78 Å². The molecule has 0 N–H and O–H groups in total. The quantitative estimate of drug-likeness (QED) is 0.727. The summed E-state index contributed by atoms with van der Waals surface area (Å²) in [7, 11) is 0. The van der Waals surface area contributed by atoms with Crippen LogP contribution >= 0.6 is 0 Å². The van der Waals surface area contributed by atoms with Crippen molar-refractivity contribution in [2.45, 2.75) is 25.9 Å². The predicted molar refractivity (Wildman–Crippen MR) is 92.9 cm³/mol. The van der Waals surface area contributed by atoms with E-state index in [1.54, 1.807) is 4.90 Å². The third kappa shape index (κ3) is 3.08. The first-order chi connectivity index (χ1) is 12.6. The zero-order valence-electron chi connectivity index (χ0n) is 14.3. The summed E-state index contributed by atoms with van der Waals surface area (Å²) in [5.41, 5.74) is 1.42. The van der Waals surface area contributed by atoms with E-state index in [0.29, 0.717) is 13.1 Å². The zero-order chi connectivity index (χ0) is 18.1. The topological polar surface area (TPSA) is 63.9 Å². The van der Waals surface area contributed by atoms with Gasteiger partial charge in [0.25, 0.3) is 5.91 Å². The Hall–Kier alpha value is -3.09. The van der Waals surface area contributed by atoms with Crippen molar-refractivity contribution in [2.24, 2.45) is 0 Å².